The fourth-order valence-electron chi connectivity index (χ4n) is 11.3. The first-order valence-electron chi connectivity index (χ1n) is 25.7. The van der Waals surface area contributed by atoms with Gasteiger partial charge in [0.05, 0.1) is 27.8 Å². The standard InChI is InChI=1S/C69H49N5/c1-5-20-46(21-6-1)49-26-17-28-52(42-49)59-45-54(39-41-63(59)74-61-35-15-13-32-57(61)58-33-14-16-36-62(58)74)69-71-67(48-24-9-3-10-25-48)70-68(72-69)53-29-18-27-51(43-53)56-34-19-37-65-66(56)60-44-50(47-22-7-2-8-23-47)38-40-64(60)73(65)55-30-11-4-12-31-55/h1-2,5-9,11,13-45H,3-4,10,12H2. The summed E-state index contributed by atoms with van der Waals surface area (Å²) in [5.41, 5.74) is 19.0. The number of allylic oxidation sites excluding steroid dienone is 8. The molecule has 0 spiro atoms. The Labute approximate surface area is 430 Å². The average molecular weight is 948 g/mol. The highest BCUT2D eigenvalue weighted by Gasteiger charge is 2.22. The van der Waals surface area contributed by atoms with Gasteiger partial charge in [0.25, 0.3) is 0 Å². The van der Waals surface area contributed by atoms with Gasteiger partial charge in [0.1, 0.15) is 0 Å². The summed E-state index contributed by atoms with van der Waals surface area (Å²) >= 11 is 0. The lowest BCUT2D eigenvalue weighted by Crippen LogP contribution is -2.04. The SMILES string of the molecule is C1=CC(c2nc(-c3cccc(-c4cccc5c4c4cc(-c6ccccc6)ccc4n5C4=CCCC=C4)c3)nc(-c3ccc(-n4c5ccccc5c5ccccc54)c(-c4cccc(-c5ccccc5)c4)c3)n2)=CCC1. The molecule has 0 bridgehead atoms. The number of nitrogens with zero attached hydrogens (tertiary/aromatic N) is 5. The number of hydrogen-bond acceptors (Lipinski definition) is 3. The van der Waals surface area contributed by atoms with Gasteiger partial charge in [-0.25, -0.2) is 15.0 Å². The molecule has 74 heavy (non-hydrogen) atoms. The van der Waals surface area contributed by atoms with Crippen LogP contribution in [0.5, 0.6) is 0 Å². The first-order chi connectivity index (χ1) is 36.7. The van der Waals surface area contributed by atoms with Crippen LogP contribution >= 0.6 is 0 Å². The third-order valence-electron chi connectivity index (χ3n) is 14.8. The summed E-state index contributed by atoms with van der Waals surface area (Å²) < 4.78 is 4.85. The molecule has 0 fully saturated rings. The van der Waals surface area contributed by atoms with E-state index in [4.69, 9.17) is 15.0 Å². The van der Waals surface area contributed by atoms with E-state index in [0.717, 1.165) is 86.9 Å². The smallest absolute Gasteiger partial charge is 0.164 e. The number of hydrogen-bond donors (Lipinski definition) is 0. The molecule has 2 aliphatic rings. The van der Waals surface area contributed by atoms with Gasteiger partial charge < -0.3 is 9.13 Å². The van der Waals surface area contributed by atoms with E-state index in [1.54, 1.807) is 0 Å². The van der Waals surface area contributed by atoms with Gasteiger partial charge in [-0.05, 0) is 131 Å². The number of aromatic nitrogens is 5. The van der Waals surface area contributed by atoms with E-state index in [9.17, 15) is 0 Å². The molecule has 0 unspecified atom stereocenters. The Kier molecular flexibility index (Phi) is 10.7. The highest BCUT2D eigenvalue weighted by molar-refractivity contribution is 6.17. The van der Waals surface area contributed by atoms with E-state index in [2.05, 4.69) is 258 Å². The summed E-state index contributed by atoms with van der Waals surface area (Å²) in [5, 5.41) is 4.88. The number of benzene rings is 9. The van der Waals surface area contributed by atoms with Crippen molar-refractivity contribution >= 4 is 54.9 Å². The van der Waals surface area contributed by atoms with Gasteiger partial charge in [-0.15, -0.1) is 0 Å². The predicted molar refractivity (Wildman–Crippen MR) is 309 cm³/mol. The molecule has 350 valence electrons. The third-order valence-corrected chi connectivity index (χ3v) is 14.8. The normalized spacial score (nSPS) is 13.5. The fraction of sp³-hybridized carbons (Fsp3) is 0.0580. The molecule has 5 nitrogen and oxygen atoms in total. The molecule has 0 aliphatic heterocycles. The summed E-state index contributed by atoms with van der Waals surface area (Å²) in [4.78, 5) is 16.0. The van der Waals surface area contributed by atoms with Gasteiger partial charge in [0.2, 0.25) is 0 Å². The Balaban J connectivity index is 0.954. The molecule has 3 aromatic heterocycles. The molecule has 0 N–H and O–H groups in total. The quantitative estimate of drug-likeness (QED) is 0.145. The Morgan fingerprint density at radius 1 is 0.311 bits per heavy atom. The minimum absolute atomic E-state index is 0.622. The largest absolute Gasteiger partial charge is 0.310 e. The molecule has 0 radical (unpaired) electrons. The number of rotatable bonds is 9. The molecule has 0 saturated heterocycles. The molecule has 2 aliphatic carbocycles. The summed E-state index contributed by atoms with van der Waals surface area (Å²) in [7, 11) is 0. The lowest BCUT2D eigenvalue weighted by atomic mass is 9.96. The fourth-order valence-corrected chi connectivity index (χ4v) is 11.3. The van der Waals surface area contributed by atoms with E-state index in [1.165, 1.54) is 55.0 Å². The van der Waals surface area contributed by atoms with Crippen LogP contribution in [0.3, 0.4) is 0 Å². The van der Waals surface area contributed by atoms with Crippen LogP contribution in [0.2, 0.25) is 0 Å². The minimum atomic E-state index is 0.622. The lowest BCUT2D eigenvalue weighted by molar-refractivity contribution is 1.01. The Bertz CT molecular complexity index is 4250. The lowest BCUT2D eigenvalue weighted by Gasteiger charge is -2.17. The van der Waals surface area contributed by atoms with Crippen LogP contribution in [-0.4, -0.2) is 24.1 Å². The summed E-state index contributed by atoms with van der Waals surface area (Å²) in [5.74, 6) is 1.92. The van der Waals surface area contributed by atoms with Crippen LogP contribution in [-0.2, 0) is 0 Å². The van der Waals surface area contributed by atoms with E-state index in [1.807, 2.05) is 0 Å². The van der Waals surface area contributed by atoms with Crippen LogP contribution in [0.25, 0.3) is 128 Å². The zero-order valence-electron chi connectivity index (χ0n) is 40.7. The van der Waals surface area contributed by atoms with Crippen LogP contribution in [0.1, 0.15) is 31.5 Å². The van der Waals surface area contributed by atoms with Crippen molar-refractivity contribution in [3.63, 3.8) is 0 Å². The first kappa shape index (κ1) is 43.3. The van der Waals surface area contributed by atoms with E-state index < -0.39 is 0 Å². The molecule has 14 rings (SSSR count). The second kappa shape index (κ2) is 18.3. The van der Waals surface area contributed by atoms with E-state index in [0.29, 0.717) is 17.5 Å². The van der Waals surface area contributed by atoms with Gasteiger partial charge >= 0.3 is 0 Å². The molecular weight excluding hydrogens is 899 g/mol. The van der Waals surface area contributed by atoms with Crippen LogP contribution in [0.15, 0.2) is 249 Å². The molecule has 0 amide bonds. The van der Waals surface area contributed by atoms with Crippen LogP contribution in [0, 0.1) is 0 Å². The Hall–Kier alpha value is -9.45. The zero-order chi connectivity index (χ0) is 49.0. The molecule has 12 aromatic rings. The van der Waals surface area contributed by atoms with Gasteiger partial charge in [-0.1, -0.05) is 182 Å². The molecule has 0 saturated carbocycles. The summed E-state index contributed by atoms with van der Waals surface area (Å²) in [6, 6.07) is 76.8. The van der Waals surface area contributed by atoms with E-state index in [-0.39, 0.29) is 0 Å². The first-order valence-corrected chi connectivity index (χ1v) is 25.7. The number of fused-ring (bicyclic) bond motifs is 6. The van der Waals surface area contributed by atoms with Crippen molar-refractivity contribution in [3.8, 4) is 73.0 Å². The van der Waals surface area contributed by atoms with Gasteiger partial charge in [-0.3, -0.25) is 0 Å². The maximum Gasteiger partial charge on any atom is 0.164 e. The molecule has 5 heteroatoms. The topological polar surface area (TPSA) is 48.5 Å². The zero-order valence-corrected chi connectivity index (χ0v) is 40.7. The Morgan fingerprint density at radius 2 is 0.838 bits per heavy atom. The van der Waals surface area contributed by atoms with Crippen molar-refractivity contribution in [3.05, 3.63) is 255 Å². The van der Waals surface area contributed by atoms with Crippen molar-refractivity contribution in [1.29, 1.82) is 0 Å². The number of para-hydroxylation sites is 2. The maximum atomic E-state index is 5.42. The van der Waals surface area contributed by atoms with Crippen molar-refractivity contribution in [2.75, 3.05) is 0 Å². The predicted octanol–water partition coefficient (Wildman–Crippen LogP) is 18.0. The molecular formula is C69H49N5. The Morgan fingerprint density at radius 3 is 1.53 bits per heavy atom. The van der Waals surface area contributed by atoms with Gasteiger partial charge in [-0.2, -0.15) is 0 Å². The van der Waals surface area contributed by atoms with Gasteiger partial charge in [0.15, 0.2) is 17.5 Å². The average Bonchev–Trinajstić information content (AvgIpc) is 4.02. The third kappa shape index (κ3) is 7.60. The molecule has 3 heterocycles. The van der Waals surface area contributed by atoms with Gasteiger partial charge in [0, 0.05) is 49.5 Å². The molecule has 0 atom stereocenters. The summed E-state index contributed by atoms with van der Waals surface area (Å²) in [6.45, 7) is 0. The second-order valence-electron chi connectivity index (χ2n) is 19.3. The molecule has 9 aromatic carbocycles. The minimum Gasteiger partial charge on any atom is -0.310 e. The highest BCUT2D eigenvalue weighted by atomic mass is 15.0. The maximum absolute atomic E-state index is 5.42. The van der Waals surface area contributed by atoms with Crippen molar-refractivity contribution in [1.82, 2.24) is 24.1 Å². The van der Waals surface area contributed by atoms with E-state index >= 15 is 0 Å². The van der Waals surface area contributed by atoms with Crippen molar-refractivity contribution < 1.29 is 0 Å². The van der Waals surface area contributed by atoms with Crippen molar-refractivity contribution in [2.24, 2.45) is 0 Å². The monoisotopic (exact) mass is 947 g/mol. The highest BCUT2D eigenvalue weighted by Crippen LogP contribution is 2.43. The summed E-state index contributed by atoms with van der Waals surface area (Å²) in [6.07, 6.45) is 17.6. The van der Waals surface area contributed by atoms with Crippen molar-refractivity contribution in [2.45, 2.75) is 25.7 Å². The van der Waals surface area contributed by atoms with Crippen LogP contribution < -0.4 is 0 Å². The van der Waals surface area contributed by atoms with Crippen LogP contribution in [0.4, 0.5) is 0 Å². The second-order valence-corrected chi connectivity index (χ2v) is 19.3.